The lowest BCUT2D eigenvalue weighted by atomic mass is 9.95. The molecule has 0 saturated carbocycles. The zero-order chi connectivity index (χ0) is 18.0. The van der Waals surface area contributed by atoms with Gasteiger partial charge in [-0.05, 0) is 63.1 Å². The Labute approximate surface area is 147 Å². The zero-order valence-corrected chi connectivity index (χ0v) is 15.2. The van der Waals surface area contributed by atoms with Crippen LogP contribution in [0.1, 0.15) is 52.8 Å². The topological polar surface area (TPSA) is 79.8 Å². The standard InChI is InChI=1S/C19H26N4O2/c1-12(11-23-14(3)8-13(2)22-23)10-20-18(24)16-9-15-6-4-5-7-17(15)21-19(16)25/h8-9,12H,4-7,10-11H2,1-3H3,(H,20,24)(H,21,25). The molecule has 1 atom stereocenters. The summed E-state index contributed by atoms with van der Waals surface area (Å²) in [7, 11) is 0. The second-order valence-corrected chi connectivity index (χ2v) is 7.15. The summed E-state index contributed by atoms with van der Waals surface area (Å²) in [6.45, 7) is 7.30. The van der Waals surface area contributed by atoms with E-state index in [2.05, 4.69) is 22.3 Å². The number of nitrogens with one attached hydrogen (secondary N) is 2. The molecule has 25 heavy (non-hydrogen) atoms. The van der Waals surface area contributed by atoms with Gasteiger partial charge in [0, 0.05) is 24.5 Å². The van der Waals surface area contributed by atoms with Crippen molar-refractivity contribution in [1.29, 1.82) is 0 Å². The van der Waals surface area contributed by atoms with Gasteiger partial charge < -0.3 is 10.3 Å². The highest BCUT2D eigenvalue weighted by Crippen LogP contribution is 2.18. The third-order valence-electron chi connectivity index (χ3n) is 4.78. The van der Waals surface area contributed by atoms with Crippen LogP contribution in [0.15, 0.2) is 16.9 Å². The Bertz CT molecular complexity index is 834. The molecule has 0 radical (unpaired) electrons. The number of aryl methyl sites for hydroxylation is 4. The van der Waals surface area contributed by atoms with Crippen LogP contribution in [0.5, 0.6) is 0 Å². The number of fused-ring (bicyclic) bond motifs is 1. The Morgan fingerprint density at radius 1 is 1.32 bits per heavy atom. The molecule has 2 aromatic rings. The third kappa shape index (κ3) is 4.00. The zero-order valence-electron chi connectivity index (χ0n) is 15.2. The van der Waals surface area contributed by atoms with Gasteiger partial charge in [0.15, 0.2) is 0 Å². The first kappa shape index (κ1) is 17.5. The average molecular weight is 342 g/mol. The number of aromatic nitrogens is 3. The molecule has 134 valence electrons. The van der Waals surface area contributed by atoms with Crippen molar-refractivity contribution in [3.8, 4) is 0 Å². The van der Waals surface area contributed by atoms with Crippen LogP contribution >= 0.6 is 0 Å². The fraction of sp³-hybridized carbons (Fsp3) is 0.526. The van der Waals surface area contributed by atoms with E-state index in [9.17, 15) is 9.59 Å². The number of aromatic amines is 1. The lowest BCUT2D eigenvalue weighted by molar-refractivity contribution is 0.0945. The first-order valence-electron chi connectivity index (χ1n) is 8.98. The highest BCUT2D eigenvalue weighted by atomic mass is 16.2. The van der Waals surface area contributed by atoms with Gasteiger partial charge in [-0.1, -0.05) is 6.92 Å². The molecule has 0 aliphatic heterocycles. The van der Waals surface area contributed by atoms with Crippen LogP contribution in [-0.4, -0.2) is 27.2 Å². The van der Waals surface area contributed by atoms with Gasteiger partial charge in [-0.15, -0.1) is 0 Å². The first-order valence-corrected chi connectivity index (χ1v) is 8.98. The summed E-state index contributed by atoms with van der Waals surface area (Å²) in [6.07, 6.45) is 4.03. The molecule has 1 aliphatic rings. The van der Waals surface area contributed by atoms with E-state index in [1.165, 1.54) is 0 Å². The number of amides is 1. The second-order valence-electron chi connectivity index (χ2n) is 7.15. The summed E-state index contributed by atoms with van der Waals surface area (Å²) >= 11 is 0. The molecule has 2 heterocycles. The Balaban J connectivity index is 1.62. The van der Waals surface area contributed by atoms with Gasteiger partial charge in [0.05, 0.1) is 5.69 Å². The van der Waals surface area contributed by atoms with Crippen molar-refractivity contribution in [2.75, 3.05) is 6.54 Å². The lowest BCUT2D eigenvalue weighted by Crippen LogP contribution is -2.34. The molecular weight excluding hydrogens is 316 g/mol. The summed E-state index contributed by atoms with van der Waals surface area (Å²) in [5.74, 6) is -0.0755. The smallest absolute Gasteiger partial charge is 0.261 e. The Kier molecular flexibility index (Phi) is 5.06. The third-order valence-corrected chi connectivity index (χ3v) is 4.78. The van der Waals surface area contributed by atoms with Crippen molar-refractivity contribution in [3.05, 3.63) is 50.7 Å². The monoisotopic (exact) mass is 342 g/mol. The van der Waals surface area contributed by atoms with Crippen molar-refractivity contribution < 1.29 is 4.79 Å². The average Bonchev–Trinajstić information content (AvgIpc) is 2.89. The predicted octanol–water partition coefficient (Wildman–Crippen LogP) is 2.13. The lowest BCUT2D eigenvalue weighted by Gasteiger charge is -2.17. The number of H-pyrrole nitrogens is 1. The van der Waals surface area contributed by atoms with Crippen LogP contribution in [0.2, 0.25) is 0 Å². The highest BCUT2D eigenvalue weighted by Gasteiger charge is 2.17. The number of nitrogens with zero attached hydrogens (tertiary/aromatic N) is 2. The number of hydrogen-bond donors (Lipinski definition) is 2. The number of hydrogen-bond acceptors (Lipinski definition) is 3. The highest BCUT2D eigenvalue weighted by molar-refractivity contribution is 5.94. The quantitative estimate of drug-likeness (QED) is 0.873. The molecular formula is C19H26N4O2. The molecule has 1 unspecified atom stereocenters. The van der Waals surface area contributed by atoms with Gasteiger partial charge in [0.2, 0.25) is 0 Å². The van der Waals surface area contributed by atoms with Gasteiger partial charge in [-0.2, -0.15) is 5.10 Å². The second kappa shape index (κ2) is 7.25. The maximum Gasteiger partial charge on any atom is 0.261 e. The van der Waals surface area contributed by atoms with Gasteiger partial charge >= 0.3 is 0 Å². The fourth-order valence-electron chi connectivity index (χ4n) is 3.43. The minimum Gasteiger partial charge on any atom is -0.352 e. The minimum atomic E-state index is -0.296. The van der Waals surface area contributed by atoms with Crippen LogP contribution in [-0.2, 0) is 19.4 Å². The molecule has 1 aliphatic carbocycles. The van der Waals surface area contributed by atoms with E-state index in [0.29, 0.717) is 6.54 Å². The predicted molar refractivity (Wildman–Crippen MR) is 96.9 cm³/mol. The van der Waals surface area contributed by atoms with Crippen molar-refractivity contribution in [2.24, 2.45) is 5.92 Å². The van der Waals surface area contributed by atoms with Crippen LogP contribution < -0.4 is 10.9 Å². The van der Waals surface area contributed by atoms with E-state index in [-0.39, 0.29) is 22.9 Å². The largest absolute Gasteiger partial charge is 0.352 e. The van der Waals surface area contributed by atoms with Crippen LogP contribution in [0, 0.1) is 19.8 Å². The van der Waals surface area contributed by atoms with E-state index in [1.807, 2.05) is 24.6 Å². The van der Waals surface area contributed by atoms with E-state index < -0.39 is 0 Å². The van der Waals surface area contributed by atoms with Crippen LogP contribution in [0.4, 0.5) is 0 Å². The maximum absolute atomic E-state index is 12.4. The molecule has 2 N–H and O–H groups in total. The van der Waals surface area contributed by atoms with E-state index in [1.54, 1.807) is 6.07 Å². The van der Waals surface area contributed by atoms with Gasteiger partial charge in [0.1, 0.15) is 5.56 Å². The SMILES string of the molecule is Cc1cc(C)n(CC(C)CNC(=O)c2cc3c([nH]c2=O)CCCC3)n1. The Morgan fingerprint density at radius 3 is 2.80 bits per heavy atom. The normalized spacial score (nSPS) is 14.8. The van der Waals surface area contributed by atoms with Crippen molar-refractivity contribution in [2.45, 2.75) is 53.0 Å². The fourth-order valence-corrected chi connectivity index (χ4v) is 3.43. The van der Waals surface area contributed by atoms with Gasteiger partial charge in [-0.25, -0.2) is 0 Å². The van der Waals surface area contributed by atoms with Crippen molar-refractivity contribution in [3.63, 3.8) is 0 Å². The summed E-state index contributed by atoms with van der Waals surface area (Å²) in [5, 5.41) is 7.34. The summed E-state index contributed by atoms with van der Waals surface area (Å²) in [4.78, 5) is 27.5. The number of rotatable bonds is 5. The summed E-state index contributed by atoms with van der Waals surface area (Å²) in [6, 6.07) is 3.81. The molecule has 0 bridgehead atoms. The van der Waals surface area contributed by atoms with Crippen molar-refractivity contribution >= 4 is 5.91 Å². The van der Waals surface area contributed by atoms with Crippen molar-refractivity contribution in [1.82, 2.24) is 20.1 Å². The molecule has 6 heteroatoms. The molecule has 0 saturated heterocycles. The Morgan fingerprint density at radius 2 is 2.08 bits per heavy atom. The van der Waals surface area contributed by atoms with Crippen LogP contribution in [0.25, 0.3) is 0 Å². The molecule has 1 amide bonds. The number of pyridine rings is 1. The first-order chi connectivity index (χ1) is 11.9. The molecule has 6 nitrogen and oxygen atoms in total. The van der Waals surface area contributed by atoms with E-state index >= 15 is 0 Å². The molecule has 2 aromatic heterocycles. The summed E-state index contributed by atoms with van der Waals surface area (Å²) < 4.78 is 1.96. The molecule has 0 fully saturated rings. The maximum atomic E-state index is 12.4. The van der Waals surface area contributed by atoms with E-state index in [4.69, 9.17) is 0 Å². The number of carbonyl (C=O) groups excluding carboxylic acids is 1. The number of carbonyl (C=O) groups is 1. The molecule has 0 aromatic carbocycles. The van der Waals surface area contributed by atoms with Crippen LogP contribution in [0.3, 0.4) is 0 Å². The molecule has 0 spiro atoms. The van der Waals surface area contributed by atoms with Gasteiger partial charge in [-0.3, -0.25) is 14.3 Å². The minimum absolute atomic E-state index is 0.221. The van der Waals surface area contributed by atoms with Gasteiger partial charge in [0.25, 0.3) is 11.5 Å². The molecule has 3 rings (SSSR count). The van der Waals surface area contributed by atoms with E-state index in [0.717, 1.165) is 54.9 Å². The summed E-state index contributed by atoms with van der Waals surface area (Å²) in [5.41, 5.74) is 4.14. The Hall–Kier alpha value is -2.37.